The first-order chi connectivity index (χ1) is 14.0. The predicted octanol–water partition coefficient (Wildman–Crippen LogP) is 3.19. The Kier molecular flexibility index (Phi) is 7.43. The van der Waals surface area contributed by atoms with Gasteiger partial charge in [-0.05, 0) is 12.1 Å². The zero-order valence-electron chi connectivity index (χ0n) is 15.1. The zero-order valence-corrected chi connectivity index (χ0v) is 16.0. The van der Waals surface area contributed by atoms with Gasteiger partial charge in [0.05, 0.1) is 19.3 Å². The summed E-state index contributed by atoms with van der Waals surface area (Å²) in [6.07, 6.45) is -1.45. The molecule has 1 aromatic carbocycles. The number of rotatable bonds is 4. The summed E-state index contributed by atoms with van der Waals surface area (Å²) in [5.74, 6) is 0.798. The number of nitrogen functional groups attached to an aromatic ring is 1. The summed E-state index contributed by atoms with van der Waals surface area (Å²) in [4.78, 5) is 15.4. The van der Waals surface area contributed by atoms with Gasteiger partial charge in [0, 0.05) is 18.2 Å². The van der Waals surface area contributed by atoms with E-state index >= 15 is 0 Å². The minimum absolute atomic E-state index is 0.0780. The molecule has 3 heterocycles. The molecule has 0 saturated carbocycles. The SMILES string of the molecule is FCF.Nc1ccn(C2OC(COP3OCc4ccccc4O3)CC2F)c(=O)n1. The van der Waals surface area contributed by atoms with Crippen molar-refractivity contribution >= 4 is 14.4 Å². The minimum atomic E-state index is -1.75. The number of hydrogen-bond acceptors (Lipinski definition) is 7. The highest BCUT2D eigenvalue weighted by Crippen LogP contribution is 2.47. The molecule has 2 N–H and O–H groups in total. The summed E-state index contributed by atoms with van der Waals surface area (Å²) in [5.41, 5.74) is 5.74. The number of para-hydroxylation sites is 1. The average Bonchev–Trinajstić information content (AvgIpc) is 3.07. The van der Waals surface area contributed by atoms with Crippen molar-refractivity contribution in [1.82, 2.24) is 9.55 Å². The fraction of sp³-hybridized carbons (Fsp3) is 0.412. The number of aromatic nitrogens is 2. The molecule has 0 aliphatic carbocycles. The van der Waals surface area contributed by atoms with Crippen molar-refractivity contribution in [2.24, 2.45) is 0 Å². The first-order valence-electron chi connectivity index (χ1n) is 8.59. The number of hydrogen-bond donors (Lipinski definition) is 1. The van der Waals surface area contributed by atoms with Crippen LogP contribution in [0.4, 0.5) is 19.0 Å². The first kappa shape index (κ1) is 21.5. The van der Waals surface area contributed by atoms with Crippen LogP contribution in [-0.4, -0.2) is 35.4 Å². The van der Waals surface area contributed by atoms with E-state index in [1.807, 2.05) is 24.3 Å². The summed E-state index contributed by atoms with van der Waals surface area (Å²) in [6, 6.07) is 8.96. The fourth-order valence-corrected chi connectivity index (χ4v) is 3.87. The Morgan fingerprint density at radius 1 is 1.31 bits per heavy atom. The van der Waals surface area contributed by atoms with Gasteiger partial charge in [-0.3, -0.25) is 13.6 Å². The van der Waals surface area contributed by atoms with Crippen LogP contribution in [0.5, 0.6) is 5.75 Å². The largest absolute Gasteiger partial charge is 0.426 e. The molecule has 29 heavy (non-hydrogen) atoms. The molecule has 4 rings (SSSR count). The third-order valence-electron chi connectivity index (χ3n) is 4.09. The lowest BCUT2D eigenvalue weighted by atomic mass is 10.2. The summed E-state index contributed by atoms with van der Waals surface area (Å²) in [5, 5.41) is 0. The maximum atomic E-state index is 14.3. The molecule has 1 saturated heterocycles. The van der Waals surface area contributed by atoms with Gasteiger partial charge in [-0.15, -0.1) is 0 Å². The standard InChI is InChI=1S/C16H17FN3O5P.CH2F2/c17-12-7-11(24-15(12)20-6-5-14(18)19-16(20)21)9-23-26-22-8-10-3-1-2-4-13(10)25-26;2-1-3/h1-6,11-12,15H,7-9H2,(H2,18,19,21);1H2. The number of fused-ring (bicyclic) bond motifs is 1. The first-order valence-corrected chi connectivity index (χ1v) is 9.69. The van der Waals surface area contributed by atoms with Gasteiger partial charge in [-0.2, -0.15) is 4.98 Å². The Bertz CT molecular complexity index is 874. The highest BCUT2D eigenvalue weighted by atomic mass is 31.2. The molecule has 0 bridgehead atoms. The smallest absolute Gasteiger partial charge is 0.397 e. The Hall–Kier alpha value is -2.20. The highest BCUT2D eigenvalue weighted by molar-refractivity contribution is 7.42. The van der Waals surface area contributed by atoms with E-state index in [0.29, 0.717) is 6.61 Å². The van der Waals surface area contributed by atoms with Crippen molar-refractivity contribution in [3.05, 3.63) is 52.6 Å². The molecular weight excluding hydrogens is 414 g/mol. The lowest BCUT2D eigenvalue weighted by Crippen LogP contribution is -2.30. The molecule has 0 spiro atoms. The van der Waals surface area contributed by atoms with Crippen LogP contribution in [-0.2, 0) is 20.4 Å². The molecule has 1 aromatic heterocycles. The second-order valence-corrected chi connectivity index (χ2v) is 7.18. The van der Waals surface area contributed by atoms with E-state index in [9.17, 15) is 18.0 Å². The molecular formula is C17H19F3N3O5P. The molecule has 8 nitrogen and oxygen atoms in total. The zero-order chi connectivity index (χ0) is 20.8. The van der Waals surface area contributed by atoms with Crippen LogP contribution in [0.2, 0.25) is 0 Å². The number of benzene rings is 1. The molecule has 12 heteroatoms. The maximum Gasteiger partial charge on any atom is 0.397 e. The maximum absolute atomic E-state index is 14.3. The van der Waals surface area contributed by atoms with Gasteiger partial charge in [0.1, 0.15) is 17.7 Å². The molecule has 0 amide bonds. The number of alkyl halides is 3. The second kappa shape index (κ2) is 10.0. The average molecular weight is 433 g/mol. The van der Waals surface area contributed by atoms with E-state index in [1.54, 1.807) is 0 Å². The van der Waals surface area contributed by atoms with Crippen LogP contribution in [0.1, 0.15) is 18.2 Å². The van der Waals surface area contributed by atoms with Gasteiger partial charge in [0.2, 0.25) is 6.93 Å². The molecule has 1 fully saturated rings. The Balaban J connectivity index is 0.000000755. The van der Waals surface area contributed by atoms with E-state index < -0.39 is 39.7 Å². The third kappa shape index (κ3) is 5.45. The number of nitrogens with zero attached hydrogens (tertiary/aromatic N) is 2. The van der Waals surface area contributed by atoms with Gasteiger partial charge < -0.3 is 15.0 Å². The quantitative estimate of drug-likeness (QED) is 0.740. The molecule has 4 atom stereocenters. The molecule has 4 unspecified atom stereocenters. The second-order valence-electron chi connectivity index (χ2n) is 6.04. The van der Waals surface area contributed by atoms with Gasteiger partial charge in [-0.25, -0.2) is 18.0 Å². The number of halogens is 3. The van der Waals surface area contributed by atoms with E-state index in [2.05, 4.69) is 4.98 Å². The minimum Gasteiger partial charge on any atom is -0.426 e. The Morgan fingerprint density at radius 3 is 2.83 bits per heavy atom. The van der Waals surface area contributed by atoms with Gasteiger partial charge in [0.15, 0.2) is 6.23 Å². The monoisotopic (exact) mass is 433 g/mol. The topological polar surface area (TPSA) is 97.8 Å². The van der Waals surface area contributed by atoms with Crippen molar-refractivity contribution in [2.75, 3.05) is 19.3 Å². The number of nitrogens with two attached hydrogens (primary N) is 1. The van der Waals surface area contributed by atoms with Gasteiger partial charge >= 0.3 is 14.3 Å². The fourth-order valence-electron chi connectivity index (χ4n) is 2.82. The summed E-state index contributed by atoms with van der Waals surface area (Å²) >= 11 is 0. The van der Waals surface area contributed by atoms with Crippen molar-refractivity contribution < 1.29 is 31.5 Å². The van der Waals surface area contributed by atoms with Crippen molar-refractivity contribution in [3.8, 4) is 5.75 Å². The molecule has 2 aliphatic heterocycles. The molecule has 158 valence electrons. The van der Waals surface area contributed by atoms with E-state index in [4.69, 9.17) is 24.0 Å². The van der Waals surface area contributed by atoms with E-state index in [0.717, 1.165) is 15.9 Å². The van der Waals surface area contributed by atoms with Crippen LogP contribution in [0.25, 0.3) is 0 Å². The highest BCUT2D eigenvalue weighted by Gasteiger charge is 2.38. The summed E-state index contributed by atoms with van der Waals surface area (Å²) in [7, 11) is -1.57. The lowest BCUT2D eigenvalue weighted by molar-refractivity contribution is -0.0377. The molecule has 2 aliphatic rings. The summed E-state index contributed by atoms with van der Waals surface area (Å²) in [6.45, 7) is -1.25. The van der Waals surface area contributed by atoms with Crippen molar-refractivity contribution in [3.63, 3.8) is 0 Å². The van der Waals surface area contributed by atoms with Crippen molar-refractivity contribution in [1.29, 1.82) is 0 Å². The van der Waals surface area contributed by atoms with E-state index in [1.165, 1.54) is 12.3 Å². The molecule has 0 radical (unpaired) electrons. The van der Waals surface area contributed by atoms with E-state index in [-0.39, 0.29) is 18.8 Å². The van der Waals surface area contributed by atoms with Gasteiger partial charge in [0.25, 0.3) is 0 Å². The van der Waals surface area contributed by atoms with Crippen molar-refractivity contribution in [2.45, 2.75) is 31.5 Å². The Labute approximate surface area is 165 Å². The van der Waals surface area contributed by atoms with Crippen LogP contribution in [0.3, 0.4) is 0 Å². The third-order valence-corrected chi connectivity index (χ3v) is 5.14. The number of ether oxygens (including phenoxy) is 1. The lowest BCUT2D eigenvalue weighted by Gasteiger charge is -2.24. The van der Waals surface area contributed by atoms with Crippen LogP contribution < -0.4 is 15.9 Å². The van der Waals surface area contributed by atoms with Crippen LogP contribution >= 0.6 is 8.60 Å². The Morgan fingerprint density at radius 2 is 2.07 bits per heavy atom. The molecule has 2 aromatic rings. The van der Waals surface area contributed by atoms with Gasteiger partial charge in [-0.1, -0.05) is 18.2 Å². The predicted molar refractivity (Wildman–Crippen MR) is 98.1 cm³/mol. The van der Waals surface area contributed by atoms with Crippen LogP contribution in [0.15, 0.2) is 41.3 Å². The summed E-state index contributed by atoms with van der Waals surface area (Å²) < 4.78 is 57.1. The number of anilines is 1. The normalized spacial score (nSPS) is 25.5. The van der Waals surface area contributed by atoms with Crippen LogP contribution in [0, 0.1) is 0 Å².